The summed E-state index contributed by atoms with van der Waals surface area (Å²) in [5.74, 6) is 0. The molecule has 1 heterocycles. The number of hydrogen-bond acceptors (Lipinski definition) is 1. The third kappa shape index (κ3) is 5.19. The summed E-state index contributed by atoms with van der Waals surface area (Å²) in [7, 11) is -3.10. The zero-order chi connectivity index (χ0) is 33.2. The van der Waals surface area contributed by atoms with Gasteiger partial charge in [0.05, 0.1) is 16.1 Å². The van der Waals surface area contributed by atoms with Gasteiger partial charge in [-0.3, -0.25) is 4.98 Å². The summed E-state index contributed by atoms with van der Waals surface area (Å²) >= 11 is 0. The van der Waals surface area contributed by atoms with Crippen molar-refractivity contribution in [3.05, 3.63) is 140 Å². The van der Waals surface area contributed by atoms with Gasteiger partial charge in [-0.15, -0.1) is 0 Å². The predicted molar refractivity (Wildman–Crippen MR) is 217 cm³/mol. The minimum absolute atomic E-state index is 1.14. The first kappa shape index (κ1) is 30.5. The molecule has 0 radical (unpaired) electrons. The Balaban J connectivity index is 1.61. The Kier molecular flexibility index (Phi) is 7.24. The summed E-state index contributed by atoms with van der Waals surface area (Å²) in [4.78, 5) is 4.54. The number of benzene rings is 7. The quantitative estimate of drug-likeness (QED) is 0.102. The molecule has 0 aliphatic heterocycles. The molecule has 0 bridgehead atoms. The maximum absolute atomic E-state index is 4.54. The predicted octanol–water partition coefficient (Wildman–Crippen LogP) is 11.8. The molecule has 0 unspecified atom stereocenters. The van der Waals surface area contributed by atoms with Gasteiger partial charge in [0, 0.05) is 18.0 Å². The molecule has 0 amide bonds. The molecule has 0 saturated carbocycles. The maximum Gasteiger partial charge on any atom is 0.0776 e. The monoisotopic (exact) mass is 651 g/mol. The first-order chi connectivity index (χ1) is 23.1. The highest BCUT2D eigenvalue weighted by Crippen LogP contribution is 2.47. The lowest BCUT2D eigenvalue weighted by Crippen LogP contribution is -2.37. The van der Waals surface area contributed by atoms with Crippen LogP contribution >= 0.6 is 0 Å². The third-order valence-corrected chi connectivity index (χ3v) is 14.1. The minimum atomic E-state index is -1.55. The Hall–Kier alpha value is -4.84. The Labute approximate surface area is 286 Å². The van der Waals surface area contributed by atoms with Crippen molar-refractivity contribution in [2.75, 3.05) is 0 Å². The Morgan fingerprint density at radius 2 is 0.917 bits per heavy atom. The molecule has 8 aromatic rings. The van der Waals surface area contributed by atoms with Gasteiger partial charge in [0.2, 0.25) is 0 Å². The molecule has 7 aromatic carbocycles. The van der Waals surface area contributed by atoms with Gasteiger partial charge in [-0.25, -0.2) is 0 Å². The highest BCUT2D eigenvalue weighted by Gasteiger charge is 2.23. The van der Waals surface area contributed by atoms with Crippen molar-refractivity contribution >= 4 is 69.6 Å². The summed E-state index contributed by atoms with van der Waals surface area (Å²) in [6.07, 6.45) is 3.86. The normalized spacial score (nSPS) is 12.4. The van der Waals surface area contributed by atoms with Gasteiger partial charge >= 0.3 is 0 Å². The fourth-order valence-corrected chi connectivity index (χ4v) is 9.80. The Bertz CT molecular complexity index is 2520. The topological polar surface area (TPSA) is 12.9 Å². The Morgan fingerprint density at radius 1 is 0.396 bits per heavy atom. The molecular weight excluding hydrogens is 611 g/mol. The van der Waals surface area contributed by atoms with Crippen molar-refractivity contribution in [1.29, 1.82) is 0 Å². The van der Waals surface area contributed by atoms with Crippen LogP contribution in [0.15, 0.2) is 140 Å². The van der Waals surface area contributed by atoms with E-state index in [1.807, 2.05) is 18.5 Å². The smallest absolute Gasteiger partial charge is 0.0776 e. The van der Waals surface area contributed by atoms with Crippen LogP contribution in [0, 0.1) is 0 Å². The number of rotatable bonds is 5. The largest absolute Gasteiger partial charge is 0.264 e. The summed E-state index contributed by atoms with van der Waals surface area (Å²) in [5, 5.41) is 13.2. The fourth-order valence-electron chi connectivity index (χ4n) is 7.44. The van der Waals surface area contributed by atoms with Crippen LogP contribution in [0.3, 0.4) is 0 Å². The molecule has 1 nitrogen and oxygen atoms in total. The number of fused-ring (bicyclic) bond motifs is 5. The van der Waals surface area contributed by atoms with Crippen LogP contribution in [0.5, 0.6) is 0 Å². The van der Waals surface area contributed by atoms with E-state index in [-0.39, 0.29) is 0 Å². The molecule has 1 aromatic heterocycles. The Morgan fingerprint density at radius 3 is 1.46 bits per heavy atom. The van der Waals surface area contributed by atoms with E-state index >= 15 is 0 Å². The molecule has 0 aliphatic carbocycles. The van der Waals surface area contributed by atoms with E-state index in [1.54, 1.807) is 0 Å². The average Bonchev–Trinajstić information content (AvgIpc) is 3.09. The highest BCUT2D eigenvalue weighted by molar-refractivity contribution is 6.89. The lowest BCUT2D eigenvalue weighted by atomic mass is 9.83. The van der Waals surface area contributed by atoms with Crippen LogP contribution in [-0.2, 0) is 0 Å². The van der Waals surface area contributed by atoms with Gasteiger partial charge in [0.15, 0.2) is 0 Å². The van der Waals surface area contributed by atoms with Gasteiger partial charge in [0.25, 0.3) is 0 Å². The molecule has 0 N–H and O–H groups in total. The molecule has 234 valence electrons. The van der Waals surface area contributed by atoms with Crippen molar-refractivity contribution < 1.29 is 0 Å². The van der Waals surface area contributed by atoms with Crippen LogP contribution in [0.1, 0.15) is 0 Å². The molecule has 0 saturated heterocycles. The van der Waals surface area contributed by atoms with Crippen LogP contribution in [-0.4, -0.2) is 21.1 Å². The van der Waals surface area contributed by atoms with E-state index in [4.69, 9.17) is 0 Å². The second kappa shape index (κ2) is 11.4. The van der Waals surface area contributed by atoms with E-state index in [1.165, 1.54) is 81.3 Å². The molecule has 0 spiro atoms. The van der Waals surface area contributed by atoms with E-state index in [9.17, 15) is 0 Å². The summed E-state index contributed by atoms with van der Waals surface area (Å²) in [6.45, 7) is 14.6. The van der Waals surface area contributed by atoms with E-state index in [0.717, 1.165) is 5.56 Å². The maximum atomic E-state index is 4.54. The first-order valence-corrected chi connectivity index (χ1v) is 24.0. The standard InChI is InChI=1S/C45H41NSi2/c1-47(2,3)34-18-11-15-31(24-34)44-37-21-9-10-22-38(37)45(32-16-12-19-35(25-32)48(4,5)6)43-28-41-39(33-17-13-23-46-29-33)26-30-14-7-8-20-36(30)40(41)27-42(43)44/h7-29H,1-6H3. The van der Waals surface area contributed by atoms with Gasteiger partial charge in [-0.2, -0.15) is 0 Å². The average molecular weight is 652 g/mol. The fraction of sp³-hybridized carbons (Fsp3) is 0.133. The van der Waals surface area contributed by atoms with Crippen molar-refractivity contribution in [3.8, 4) is 33.4 Å². The van der Waals surface area contributed by atoms with Crippen molar-refractivity contribution in [2.24, 2.45) is 0 Å². The molecule has 0 aliphatic rings. The zero-order valence-electron chi connectivity index (χ0n) is 28.7. The van der Waals surface area contributed by atoms with E-state index in [2.05, 4.69) is 166 Å². The van der Waals surface area contributed by atoms with Gasteiger partial charge in [0.1, 0.15) is 0 Å². The molecular formula is C45H41NSi2. The second-order valence-electron chi connectivity index (χ2n) is 15.3. The molecule has 8 rings (SSSR count). The van der Waals surface area contributed by atoms with Crippen molar-refractivity contribution in [1.82, 2.24) is 4.98 Å². The molecule has 3 heteroatoms. The minimum Gasteiger partial charge on any atom is -0.264 e. The SMILES string of the molecule is C[Si](C)(C)c1cccc(-c2c3ccccc3c(-c3cccc([Si](C)(C)C)c3)c3cc4c(cc23)c(-c2cccnc2)cc2ccccc24)c1. The lowest BCUT2D eigenvalue weighted by molar-refractivity contribution is 1.33. The van der Waals surface area contributed by atoms with Crippen LogP contribution in [0.4, 0.5) is 0 Å². The van der Waals surface area contributed by atoms with Gasteiger partial charge < -0.3 is 0 Å². The van der Waals surface area contributed by atoms with E-state index in [0.29, 0.717) is 0 Å². The molecule has 48 heavy (non-hydrogen) atoms. The van der Waals surface area contributed by atoms with Crippen molar-refractivity contribution in [3.63, 3.8) is 0 Å². The van der Waals surface area contributed by atoms with Gasteiger partial charge in [-0.05, 0) is 95.2 Å². The number of nitrogens with zero attached hydrogens (tertiary/aromatic N) is 1. The second-order valence-corrected chi connectivity index (χ2v) is 25.4. The molecule has 0 atom stereocenters. The molecule has 0 fully saturated rings. The summed E-state index contributed by atoms with van der Waals surface area (Å²) in [5.41, 5.74) is 7.59. The highest BCUT2D eigenvalue weighted by atomic mass is 28.3. The summed E-state index contributed by atoms with van der Waals surface area (Å²) in [6, 6.07) is 48.3. The van der Waals surface area contributed by atoms with Crippen LogP contribution < -0.4 is 10.4 Å². The van der Waals surface area contributed by atoms with Crippen LogP contribution in [0.2, 0.25) is 39.3 Å². The zero-order valence-corrected chi connectivity index (χ0v) is 30.7. The van der Waals surface area contributed by atoms with E-state index < -0.39 is 16.1 Å². The van der Waals surface area contributed by atoms with Gasteiger partial charge in [-0.1, -0.05) is 153 Å². The lowest BCUT2D eigenvalue weighted by Gasteiger charge is -2.23. The number of aromatic nitrogens is 1. The van der Waals surface area contributed by atoms with Crippen molar-refractivity contribution in [2.45, 2.75) is 39.3 Å². The first-order valence-electron chi connectivity index (χ1n) is 17.0. The number of pyridine rings is 1. The third-order valence-electron chi connectivity index (χ3n) is 10.0. The summed E-state index contributed by atoms with van der Waals surface area (Å²) < 4.78 is 0. The number of hydrogen-bond donors (Lipinski definition) is 0. The van der Waals surface area contributed by atoms with Crippen LogP contribution in [0.25, 0.3) is 76.5 Å².